The SMILES string of the molecule is Cc1ccc(O[C@H](C)C(=O)Nc2ccc(NC(=O)C3CC3)cc2)cc1. The van der Waals surface area contributed by atoms with Crippen LogP contribution in [0.3, 0.4) is 0 Å². The minimum Gasteiger partial charge on any atom is -0.481 e. The topological polar surface area (TPSA) is 67.4 Å². The number of amides is 2. The molecule has 0 saturated heterocycles. The number of hydrogen-bond acceptors (Lipinski definition) is 3. The highest BCUT2D eigenvalue weighted by atomic mass is 16.5. The first-order valence-electron chi connectivity index (χ1n) is 8.46. The van der Waals surface area contributed by atoms with Crippen LogP contribution in [-0.4, -0.2) is 17.9 Å². The molecule has 1 fully saturated rings. The Balaban J connectivity index is 1.52. The van der Waals surface area contributed by atoms with E-state index in [0.717, 1.165) is 24.1 Å². The molecule has 1 aliphatic rings. The van der Waals surface area contributed by atoms with Crippen LogP contribution in [0.1, 0.15) is 25.3 Å². The molecule has 0 aliphatic heterocycles. The van der Waals surface area contributed by atoms with Crippen LogP contribution in [0.25, 0.3) is 0 Å². The summed E-state index contributed by atoms with van der Waals surface area (Å²) >= 11 is 0. The molecule has 1 atom stereocenters. The predicted octanol–water partition coefficient (Wildman–Crippen LogP) is 3.75. The molecule has 3 rings (SSSR count). The van der Waals surface area contributed by atoms with Crippen LogP contribution in [0.2, 0.25) is 0 Å². The summed E-state index contributed by atoms with van der Waals surface area (Å²) in [6.07, 6.45) is 1.33. The Bertz CT molecular complexity index is 750. The first-order valence-corrected chi connectivity index (χ1v) is 8.46. The summed E-state index contributed by atoms with van der Waals surface area (Å²) < 4.78 is 5.64. The van der Waals surface area contributed by atoms with E-state index in [4.69, 9.17) is 4.74 Å². The van der Waals surface area contributed by atoms with Gasteiger partial charge in [-0.2, -0.15) is 0 Å². The lowest BCUT2D eigenvalue weighted by Crippen LogP contribution is -2.30. The van der Waals surface area contributed by atoms with Crippen molar-refractivity contribution in [3.05, 3.63) is 54.1 Å². The minimum atomic E-state index is -0.614. The molecule has 0 spiro atoms. The van der Waals surface area contributed by atoms with E-state index in [1.807, 2.05) is 31.2 Å². The van der Waals surface area contributed by atoms with Crippen LogP contribution >= 0.6 is 0 Å². The van der Waals surface area contributed by atoms with Crippen LogP contribution in [0, 0.1) is 12.8 Å². The van der Waals surface area contributed by atoms with Gasteiger partial charge in [0.25, 0.3) is 5.91 Å². The summed E-state index contributed by atoms with van der Waals surface area (Å²) in [4.78, 5) is 24.0. The summed E-state index contributed by atoms with van der Waals surface area (Å²) in [6, 6.07) is 14.6. The first kappa shape index (κ1) is 17.0. The molecule has 130 valence electrons. The average Bonchev–Trinajstić information content (AvgIpc) is 3.43. The van der Waals surface area contributed by atoms with Crippen molar-refractivity contribution in [3.8, 4) is 5.75 Å². The van der Waals surface area contributed by atoms with E-state index in [9.17, 15) is 9.59 Å². The van der Waals surface area contributed by atoms with E-state index in [-0.39, 0.29) is 17.7 Å². The van der Waals surface area contributed by atoms with Gasteiger partial charge in [0.1, 0.15) is 5.75 Å². The molecule has 25 heavy (non-hydrogen) atoms. The van der Waals surface area contributed by atoms with Crippen molar-refractivity contribution in [2.75, 3.05) is 10.6 Å². The van der Waals surface area contributed by atoms with Gasteiger partial charge in [-0.25, -0.2) is 0 Å². The molecular formula is C20H22N2O3. The second kappa shape index (κ2) is 7.38. The highest BCUT2D eigenvalue weighted by molar-refractivity contribution is 5.96. The Hall–Kier alpha value is -2.82. The van der Waals surface area contributed by atoms with E-state index in [0.29, 0.717) is 11.4 Å². The predicted molar refractivity (Wildman–Crippen MR) is 97.7 cm³/mol. The molecule has 0 bridgehead atoms. The number of anilines is 2. The van der Waals surface area contributed by atoms with E-state index in [1.54, 1.807) is 31.2 Å². The van der Waals surface area contributed by atoms with Crippen LogP contribution in [-0.2, 0) is 9.59 Å². The smallest absolute Gasteiger partial charge is 0.265 e. The van der Waals surface area contributed by atoms with Crippen LogP contribution < -0.4 is 15.4 Å². The van der Waals surface area contributed by atoms with Gasteiger partial charge in [-0.3, -0.25) is 9.59 Å². The summed E-state index contributed by atoms with van der Waals surface area (Å²) in [5.41, 5.74) is 2.53. The Morgan fingerprint density at radius 3 is 2.08 bits per heavy atom. The Kier molecular flexibility index (Phi) is 5.03. The zero-order chi connectivity index (χ0) is 17.8. The van der Waals surface area contributed by atoms with Gasteiger partial charge in [0.2, 0.25) is 5.91 Å². The number of aryl methyl sites for hydroxylation is 1. The van der Waals surface area contributed by atoms with Gasteiger partial charge in [0.05, 0.1) is 0 Å². The van der Waals surface area contributed by atoms with Gasteiger partial charge in [-0.05, 0) is 63.1 Å². The third-order valence-electron chi connectivity index (χ3n) is 4.07. The third-order valence-corrected chi connectivity index (χ3v) is 4.07. The van der Waals surface area contributed by atoms with Crippen molar-refractivity contribution in [2.24, 2.45) is 5.92 Å². The van der Waals surface area contributed by atoms with Crippen LogP contribution in [0.4, 0.5) is 11.4 Å². The average molecular weight is 338 g/mol. The van der Waals surface area contributed by atoms with Crippen molar-refractivity contribution in [3.63, 3.8) is 0 Å². The van der Waals surface area contributed by atoms with Gasteiger partial charge in [0.15, 0.2) is 6.10 Å². The van der Waals surface area contributed by atoms with Crippen LogP contribution in [0.15, 0.2) is 48.5 Å². The molecule has 0 unspecified atom stereocenters. The van der Waals surface area contributed by atoms with Crippen molar-refractivity contribution in [2.45, 2.75) is 32.8 Å². The van der Waals surface area contributed by atoms with Gasteiger partial charge < -0.3 is 15.4 Å². The summed E-state index contributed by atoms with van der Waals surface area (Å²) in [5.74, 6) is 0.665. The highest BCUT2D eigenvalue weighted by Gasteiger charge is 2.29. The Morgan fingerprint density at radius 1 is 0.960 bits per heavy atom. The molecule has 5 heteroatoms. The molecule has 0 heterocycles. The zero-order valence-electron chi connectivity index (χ0n) is 14.4. The summed E-state index contributed by atoms with van der Waals surface area (Å²) in [5, 5.41) is 5.68. The lowest BCUT2D eigenvalue weighted by molar-refractivity contribution is -0.122. The van der Waals surface area contributed by atoms with Gasteiger partial charge in [-0.15, -0.1) is 0 Å². The third kappa shape index (κ3) is 4.83. The molecule has 0 radical (unpaired) electrons. The van der Waals surface area contributed by atoms with Crippen molar-refractivity contribution in [1.29, 1.82) is 0 Å². The second-order valence-corrected chi connectivity index (χ2v) is 6.40. The fourth-order valence-corrected chi connectivity index (χ4v) is 2.35. The maximum absolute atomic E-state index is 12.2. The number of nitrogens with one attached hydrogen (secondary N) is 2. The maximum atomic E-state index is 12.2. The number of carbonyl (C=O) groups excluding carboxylic acids is 2. The molecule has 2 aromatic rings. The quantitative estimate of drug-likeness (QED) is 0.843. The fourth-order valence-electron chi connectivity index (χ4n) is 2.35. The molecule has 1 saturated carbocycles. The molecule has 0 aromatic heterocycles. The molecule has 5 nitrogen and oxygen atoms in total. The zero-order valence-corrected chi connectivity index (χ0v) is 14.4. The Morgan fingerprint density at radius 2 is 1.52 bits per heavy atom. The fraction of sp³-hybridized carbons (Fsp3) is 0.300. The number of ether oxygens (including phenoxy) is 1. The van der Waals surface area contributed by atoms with E-state index in [2.05, 4.69) is 10.6 Å². The van der Waals surface area contributed by atoms with E-state index >= 15 is 0 Å². The minimum absolute atomic E-state index is 0.0666. The first-order chi connectivity index (χ1) is 12.0. The van der Waals surface area contributed by atoms with Gasteiger partial charge >= 0.3 is 0 Å². The molecule has 1 aliphatic carbocycles. The maximum Gasteiger partial charge on any atom is 0.265 e. The normalized spacial score (nSPS) is 14.5. The lowest BCUT2D eigenvalue weighted by Gasteiger charge is -2.15. The Labute approximate surface area is 147 Å². The van der Waals surface area contributed by atoms with Gasteiger partial charge in [-0.1, -0.05) is 17.7 Å². The lowest BCUT2D eigenvalue weighted by atomic mass is 10.2. The monoisotopic (exact) mass is 338 g/mol. The van der Waals surface area contributed by atoms with Crippen molar-refractivity contribution < 1.29 is 14.3 Å². The molecule has 2 aromatic carbocycles. The standard InChI is InChI=1S/C20H22N2O3/c1-13-3-11-18(12-4-13)25-14(2)19(23)21-16-7-9-17(10-8-16)22-20(24)15-5-6-15/h3-4,7-12,14-15H,5-6H2,1-2H3,(H,21,23)(H,22,24)/t14-/m1/s1. The molecule has 2 amide bonds. The van der Waals surface area contributed by atoms with E-state index in [1.165, 1.54) is 0 Å². The molecule has 2 N–H and O–H groups in total. The molecular weight excluding hydrogens is 316 g/mol. The second-order valence-electron chi connectivity index (χ2n) is 6.40. The van der Waals surface area contributed by atoms with Gasteiger partial charge in [0, 0.05) is 17.3 Å². The number of rotatable bonds is 6. The summed E-state index contributed by atoms with van der Waals surface area (Å²) in [7, 11) is 0. The number of carbonyl (C=O) groups is 2. The van der Waals surface area contributed by atoms with Crippen molar-refractivity contribution in [1.82, 2.24) is 0 Å². The van der Waals surface area contributed by atoms with Crippen molar-refractivity contribution >= 4 is 23.2 Å². The largest absolute Gasteiger partial charge is 0.481 e. The summed E-state index contributed by atoms with van der Waals surface area (Å²) in [6.45, 7) is 3.70. The van der Waals surface area contributed by atoms with E-state index < -0.39 is 6.10 Å². The highest BCUT2D eigenvalue weighted by Crippen LogP contribution is 2.30. The number of hydrogen-bond donors (Lipinski definition) is 2. The number of benzene rings is 2. The van der Waals surface area contributed by atoms with Crippen LogP contribution in [0.5, 0.6) is 5.75 Å².